The Labute approximate surface area is 151 Å². The first-order chi connectivity index (χ1) is 12.7. The van der Waals surface area contributed by atoms with Crippen molar-refractivity contribution >= 4 is 12.0 Å². The second-order valence-electron chi connectivity index (χ2n) is 5.68. The van der Waals surface area contributed by atoms with E-state index in [4.69, 9.17) is 4.42 Å². The number of H-pyrrole nitrogens is 1. The Balaban J connectivity index is 1.80. The number of nitrogens with one attached hydrogen (secondary N) is 2. The molecule has 0 atom stereocenters. The van der Waals surface area contributed by atoms with E-state index in [1.807, 2.05) is 30.3 Å². The molecule has 2 N–H and O–H groups in total. The van der Waals surface area contributed by atoms with E-state index in [9.17, 15) is 10.1 Å². The third-order valence-corrected chi connectivity index (χ3v) is 3.99. The van der Waals surface area contributed by atoms with Gasteiger partial charge in [-0.1, -0.05) is 31.2 Å². The number of hydrogen-bond acceptors (Lipinski definition) is 4. The van der Waals surface area contributed by atoms with Gasteiger partial charge < -0.3 is 9.73 Å². The summed E-state index contributed by atoms with van der Waals surface area (Å²) >= 11 is 0. The standard InChI is InChI=1S/C20H18N4O2/c1-2-14-5-7-15(8-6-14)19-17(12-23-24-19)10-16(11-21)20(25)22-13-18-4-3-9-26-18/h3-10,12H,2,13H2,1H3,(H,22,25)(H,23,24). The van der Waals surface area contributed by atoms with Crippen LogP contribution in [0, 0.1) is 11.3 Å². The van der Waals surface area contributed by atoms with Crippen molar-refractivity contribution in [2.24, 2.45) is 0 Å². The number of benzene rings is 1. The molecule has 1 aromatic carbocycles. The van der Waals surface area contributed by atoms with Gasteiger partial charge in [-0.15, -0.1) is 0 Å². The Kier molecular flexibility index (Phi) is 5.30. The average Bonchev–Trinajstić information content (AvgIpc) is 3.36. The molecule has 3 rings (SSSR count). The van der Waals surface area contributed by atoms with Crippen molar-refractivity contribution in [3.05, 3.63) is 71.3 Å². The average molecular weight is 346 g/mol. The second kappa shape index (κ2) is 7.99. The number of carbonyl (C=O) groups is 1. The van der Waals surface area contributed by atoms with Crippen LogP contribution in [0.3, 0.4) is 0 Å². The Morgan fingerprint density at radius 2 is 2.15 bits per heavy atom. The van der Waals surface area contributed by atoms with Gasteiger partial charge >= 0.3 is 0 Å². The van der Waals surface area contributed by atoms with Gasteiger partial charge in [-0.3, -0.25) is 9.89 Å². The Morgan fingerprint density at radius 3 is 2.81 bits per heavy atom. The van der Waals surface area contributed by atoms with Crippen molar-refractivity contribution in [2.75, 3.05) is 0 Å². The Morgan fingerprint density at radius 1 is 1.35 bits per heavy atom. The summed E-state index contributed by atoms with van der Waals surface area (Å²) in [6.07, 6.45) is 5.62. The molecular weight excluding hydrogens is 328 g/mol. The summed E-state index contributed by atoms with van der Waals surface area (Å²) in [7, 11) is 0. The zero-order valence-corrected chi connectivity index (χ0v) is 14.3. The van der Waals surface area contributed by atoms with Crippen LogP contribution in [0.1, 0.15) is 23.8 Å². The molecule has 130 valence electrons. The van der Waals surface area contributed by atoms with Gasteiger partial charge in [-0.25, -0.2) is 0 Å². The van der Waals surface area contributed by atoms with Gasteiger partial charge in [0.1, 0.15) is 17.4 Å². The summed E-state index contributed by atoms with van der Waals surface area (Å²) in [6, 6.07) is 13.5. The van der Waals surface area contributed by atoms with Crippen LogP contribution < -0.4 is 5.32 Å². The molecule has 6 nitrogen and oxygen atoms in total. The van der Waals surface area contributed by atoms with Gasteiger partial charge in [0.25, 0.3) is 5.91 Å². The number of rotatable bonds is 6. The predicted octanol–water partition coefficient (Wildman–Crippen LogP) is 3.46. The topological polar surface area (TPSA) is 94.7 Å². The Hall–Kier alpha value is -3.59. The van der Waals surface area contributed by atoms with E-state index in [0.29, 0.717) is 11.3 Å². The fourth-order valence-electron chi connectivity index (χ4n) is 2.52. The number of nitrogens with zero attached hydrogens (tertiary/aromatic N) is 2. The van der Waals surface area contributed by atoms with Crippen LogP contribution in [0.2, 0.25) is 0 Å². The van der Waals surface area contributed by atoms with Crippen LogP contribution in [-0.2, 0) is 17.8 Å². The minimum absolute atomic E-state index is 0.00406. The molecule has 2 heterocycles. The van der Waals surface area contributed by atoms with Crippen LogP contribution in [0.25, 0.3) is 17.3 Å². The van der Waals surface area contributed by atoms with E-state index in [1.54, 1.807) is 18.3 Å². The van der Waals surface area contributed by atoms with Gasteiger partial charge in [0.2, 0.25) is 0 Å². The number of nitriles is 1. The number of amides is 1. The van der Waals surface area contributed by atoms with E-state index < -0.39 is 5.91 Å². The quantitative estimate of drug-likeness (QED) is 0.528. The summed E-state index contributed by atoms with van der Waals surface area (Å²) in [4.78, 5) is 12.3. The molecule has 0 aliphatic carbocycles. The first-order valence-corrected chi connectivity index (χ1v) is 8.26. The zero-order valence-electron chi connectivity index (χ0n) is 14.3. The molecule has 0 bridgehead atoms. The molecule has 0 unspecified atom stereocenters. The monoisotopic (exact) mass is 346 g/mol. The number of aromatic amines is 1. The molecule has 0 radical (unpaired) electrons. The van der Waals surface area contributed by atoms with Crippen molar-refractivity contribution in [3.63, 3.8) is 0 Å². The lowest BCUT2D eigenvalue weighted by atomic mass is 10.0. The molecule has 0 aliphatic heterocycles. The largest absolute Gasteiger partial charge is 0.467 e. The van der Waals surface area contributed by atoms with E-state index in [2.05, 4.69) is 22.4 Å². The highest BCUT2D eigenvalue weighted by Gasteiger charge is 2.12. The summed E-state index contributed by atoms with van der Waals surface area (Å²) in [5.41, 5.74) is 3.63. The van der Waals surface area contributed by atoms with Crippen LogP contribution >= 0.6 is 0 Å². The van der Waals surface area contributed by atoms with Crippen LogP contribution in [-0.4, -0.2) is 16.1 Å². The van der Waals surface area contributed by atoms with E-state index >= 15 is 0 Å². The molecule has 0 spiro atoms. The van der Waals surface area contributed by atoms with Gasteiger partial charge in [-0.05, 0) is 30.2 Å². The van der Waals surface area contributed by atoms with Gasteiger partial charge in [-0.2, -0.15) is 10.4 Å². The lowest BCUT2D eigenvalue weighted by Gasteiger charge is -2.04. The molecule has 0 saturated heterocycles. The minimum atomic E-state index is -0.461. The molecule has 6 heteroatoms. The fourth-order valence-corrected chi connectivity index (χ4v) is 2.52. The van der Waals surface area contributed by atoms with Crippen LogP contribution in [0.15, 0.2) is 58.8 Å². The van der Waals surface area contributed by atoms with Crippen molar-refractivity contribution in [2.45, 2.75) is 19.9 Å². The number of furan rings is 1. The smallest absolute Gasteiger partial charge is 0.262 e. The highest BCUT2D eigenvalue weighted by molar-refractivity contribution is 6.02. The summed E-state index contributed by atoms with van der Waals surface area (Å²) in [6.45, 7) is 2.32. The molecule has 3 aromatic rings. The Bertz CT molecular complexity index is 945. The minimum Gasteiger partial charge on any atom is -0.467 e. The first kappa shape index (κ1) is 17.2. The second-order valence-corrected chi connectivity index (χ2v) is 5.68. The van der Waals surface area contributed by atoms with E-state index in [0.717, 1.165) is 17.7 Å². The predicted molar refractivity (Wildman–Crippen MR) is 97.5 cm³/mol. The summed E-state index contributed by atoms with van der Waals surface area (Å²) in [5, 5.41) is 19.0. The van der Waals surface area contributed by atoms with Gasteiger partial charge in [0.15, 0.2) is 0 Å². The lowest BCUT2D eigenvalue weighted by Crippen LogP contribution is -2.23. The van der Waals surface area contributed by atoms with Crippen molar-refractivity contribution < 1.29 is 9.21 Å². The maximum Gasteiger partial charge on any atom is 0.262 e. The number of carbonyl (C=O) groups excluding carboxylic acids is 1. The van der Waals surface area contributed by atoms with Gasteiger partial charge in [0, 0.05) is 11.1 Å². The number of aromatic nitrogens is 2. The number of aryl methyl sites for hydroxylation is 1. The third kappa shape index (κ3) is 3.90. The molecule has 0 saturated carbocycles. The van der Waals surface area contributed by atoms with Crippen molar-refractivity contribution in [1.29, 1.82) is 5.26 Å². The molecule has 0 fully saturated rings. The molecule has 26 heavy (non-hydrogen) atoms. The highest BCUT2D eigenvalue weighted by atomic mass is 16.3. The van der Waals surface area contributed by atoms with E-state index in [1.165, 1.54) is 17.9 Å². The number of hydrogen-bond donors (Lipinski definition) is 2. The highest BCUT2D eigenvalue weighted by Crippen LogP contribution is 2.23. The zero-order chi connectivity index (χ0) is 18.4. The first-order valence-electron chi connectivity index (χ1n) is 8.26. The normalized spacial score (nSPS) is 11.2. The molecule has 1 amide bonds. The fraction of sp³-hybridized carbons (Fsp3) is 0.150. The molecule has 0 aliphatic rings. The van der Waals surface area contributed by atoms with Crippen LogP contribution in [0.4, 0.5) is 0 Å². The van der Waals surface area contributed by atoms with Crippen molar-refractivity contribution in [1.82, 2.24) is 15.5 Å². The van der Waals surface area contributed by atoms with Gasteiger partial charge in [0.05, 0.1) is 24.7 Å². The molecular formula is C20H18N4O2. The van der Waals surface area contributed by atoms with E-state index in [-0.39, 0.29) is 12.1 Å². The SMILES string of the molecule is CCc1ccc(-c2[nH]ncc2C=C(C#N)C(=O)NCc2ccco2)cc1. The summed E-state index contributed by atoms with van der Waals surface area (Å²) in [5.74, 6) is 0.160. The third-order valence-electron chi connectivity index (χ3n) is 3.99. The van der Waals surface area contributed by atoms with Crippen molar-refractivity contribution in [3.8, 4) is 17.3 Å². The van der Waals surface area contributed by atoms with Crippen LogP contribution in [0.5, 0.6) is 0 Å². The molecule has 2 aromatic heterocycles. The maximum absolute atomic E-state index is 12.3. The summed E-state index contributed by atoms with van der Waals surface area (Å²) < 4.78 is 5.17. The lowest BCUT2D eigenvalue weighted by molar-refractivity contribution is -0.117. The maximum atomic E-state index is 12.3.